The number of hydrogen-bond donors (Lipinski definition) is 2. The summed E-state index contributed by atoms with van der Waals surface area (Å²) in [6.07, 6.45) is 0.481. The normalized spacial score (nSPS) is 19.3. The molecule has 3 heterocycles. The summed E-state index contributed by atoms with van der Waals surface area (Å²) in [4.78, 5) is 28.3. The van der Waals surface area contributed by atoms with Gasteiger partial charge in [-0.3, -0.25) is 9.59 Å². The van der Waals surface area contributed by atoms with Gasteiger partial charge < -0.3 is 29.7 Å². The fraction of sp³-hybridized carbons (Fsp3) is 0.394. The Morgan fingerprint density at radius 2 is 1.85 bits per heavy atom. The van der Waals surface area contributed by atoms with Crippen LogP contribution in [-0.4, -0.2) is 94.8 Å². The lowest BCUT2D eigenvalue weighted by atomic mass is 9.99. The lowest BCUT2D eigenvalue weighted by molar-refractivity contribution is -0.123. The van der Waals surface area contributed by atoms with Crippen LogP contribution in [0.1, 0.15) is 28.8 Å². The van der Waals surface area contributed by atoms with Crippen molar-refractivity contribution in [3.8, 4) is 28.4 Å². The van der Waals surface area contributed by atoms with Crippen molar-refractivity contribution in [2.24, 2.45) is 0 Å². The molecule has 46 heavy (non-hydrogen) atoms. The number of rotatable bonds is 6. The maximum atomic E-state index is 15.1. The van der Waals surface area contributed by atoms with Crippen LogP contribution >= 0.6 is 0 Å². The molecule has 2 atom stereocenters. The maximum absolute atomic E-state index is 15.1. The summed E-state index contributed by atoms with van der Waals surface area (Å²) in [6, 6.07) is 16.1. The second-order valence-electron chi connectivity index (χ2n) is 11.5. The van der Waals surface area contributed by atoms with E-state index in [0.29, 0.717) is 60.9 Å². The Hall–Kier alpha value is -4.20. The van der Waals surface area contributed by atoms with Crippen molar-refractivity contribution < 1.29 is 36.6 Å². The molecule has 0 saturated carbocycles. The molecule has 13 heteroatoms. The Morgan fingerprint density at radius 3 is 2.63 bits per heavy atom. The Balaban J connectivity index is 1.45. The largest absolute Gasteiger partial charge is 0.496 e. The van der Waals surface area contributed by atoms with Gasteiger partial charge in [-0.1, -0.05) is 18.2 Å². The summed E-state index contributed by atoms with van der Waals surface area (Å²) < 4.78 is 58.6. The number of carbonyl (C=O) groups is 2. The Morgan fingerprint density at radius 1 is 1.04 bits per heavy atom. The predicted octanol–water partition coefficient (Wildman–Crippen LogP) is 3.04. The molecule has 6 rings (SSSR count). The minimum absolute atomic E-state index is 0.00426. The van der Waals surface area contributed by atoms with E-state index in [1.807, 2.05) is 6.07 Å². The number of methoxy groups -OCH3 is 1. The maximum Gasteiger partial charge on any atom is 0.258 e. The van der Waals surface area contributed by atoms with Gasteiger partial charge in [0.05, 0.1) is 24.5 Å². The molecule has 0 spiro atoms. The van der Waals surface area contributed by atoms with Gasteiger partial charge in [0.25, 0.3) is 11.8 Å². The topological polar surface area (TPSA) is 127 Å². The number of nitrogens with one attached hydrogen (secondary N) is 2. The molecule has 1 saturated heterocycles. The number of hydrogen-bond acceptors (Lipinski definition) is 8. The number of halogens is 1. The average Bonchev–Trinajstić information content (AvgIpc) is 3.04. The van der Waals surface area contributed by atoms with Crippen LogP contribution in [0.25, 0.3) is 11.1 Å². The highest BCUT2D eigenvalue weighted by Crippen LogP contribution is 2.29. The second-order valence-corrected chi connectivity index (χ2v) is 13.8. The number of piperidine rings is 1. The number of nitrogens with zero attached hydrogens (tertiary/aromatic N) is 2. The van der Waals surface area contributed by atoms with E-state index < -0.39 is 33.9 Å². The summed E-state index contributed by atoms with van der Waals surface area (Å²) >= 11 is 0. The number of carbonyl (C=O) groups excluding carboxylic acids is 2. The molecule has 2 amide bonds. The summed E-state index contributed by atoms with van der Waals surface area (Å²) in [6.45, 7) is 1.49. The minimum atomic E-state index is -3.34. The van der Waals surface area contributed by atoms with Crippen LogP contribution in [0, 0.1) is 5.82 Å². The molecule has 1 fully saturated rings. The van der Waals surface area contributed by atoms with Crippen molar-refractivity contribution in [2.45, 2.75) is 31.5 Å². The molecule has 2 N–H and O–H groups in total. The van der Waals surface area contributed by atoms with Crippen molar-refractivity contribution in [2.75, 3.05) is 53.2 Å². The van der Waals surface area contributed by atoms with Crippen molar-refractivity contribution in [3.05, 3.63) is 77.6 Å². The van der Waals surface area contributed by atoms with Crippen molar-refractivity contribution >= 4 is 21.8 Å². The molecule has 246 valence electrons. The van der Waals surface area contributed by atoms with Crippen LogP contribution in [0.15, 0.2) is 60.7 Å². The van der Waals surface area contributed by atoms with Gasteiger partial charge in [0.1, 0.15) is 29.2 Å². The molecule has 0 aliphatic carbocycles. The third-order valence-electron chi connectivity index (χ3n) is 8.15. The SMILES string of the molecule is COc1cc2ccc1CNC(=O)COc1cccc(c1)-c1ccc(F)c(c1)C(=O)N[C@@H]1CN(CCCS(=O)(=O)N(C)C)CC[C@@H]1O2. The fourth-order valence-electron chi connectivity index (χ4n) is 5.54. The molecule has 0 unspecified atom stereocenters. The first-order valence-electron chi connectivity index (χ1n) is 15.1. The Bertz CT molecular complexity index is 1680. The van der Waals surface area contributed by atoms with Gasteiger partial charge in [0.15, 0.2) is 6.61 Å². The second kappa shape index (κ2) is 14.5. The smallest absolute Gasteiger partial charge is 0.258 e. The van der Waals surface area contributed by atoms with E-state index in [-0.39, 0.29) is 30.4 Å². The highest BCUT2D eigenvalue weighted by atomic mass is 32.2. The van der Waals surface area contributed by atoms with Crippen molar-refractivity contribution in [1.82, 2.24) is 19.8 Å². The molecule has 6 bridgehead atoms. The molecule has 3 aliphatic heterocycles. The highest BCUT2D eigenvalue weighted by Gasteiger charge is 2.33. The minimum Gasteiger partial charge on any atom is -0.496 e. The zero-order valence-corrected chi connectivity index (χ0v) is 26.9. The van der Waals surface area contributed by atoms with Crippen LogP contribution in [0.3, 0.4) is 0 Å². The number of fused-ring (bicyclic) bond motifs is 7. The Kier molecular flexibility index (Phi) is 10.4. The third kappa shape index (κ3) is 8.14. The molecular weight excluding hydrogens is 615 g/mol. The zero-order valence-electron chi connectivity index (χ0n) is 26.1. The number of likely N-dealkylation sites (tertiary alicyclic amines) is 1. The molecule has 0 aromatic heterocycles. The first-order chi connectivity index (χ1) is 22.0. The number of sulfonamides is 1. The summed E-state index contributed by atoms with van der Waals surface area (Å²) in [5.41, 5.74) is 1.89. The van der Waals surface area contributed by atoms with E-state index in [9.17, 15) is 18.0 Å². The van der Waals surface area contributed by atoms with Crippen LogP contribution < -0.4 is 24.8 Å². The lowest BCUT2D eigenvalue weighted by Crippen LogP contribution is -2.57. The van der Waals surface area contributed by atoms with E-state index >= 15 is 4.39 Å². The van der Waals surface area contributed by atoms with Gasteiger partial charge in [-0.25, -0.2) is 17.1 Å². The molecule has 3 aliphatic rings. The Labute approximate surface area is 268 Å². The summed E-state index contributed by atoms with van der Waals surface area (Å²) in [7, 11) is 1.20. The van der Waals surface area contributed by atoms with Crippen LogP contribution in [0.4, 0.5) is 4.39 Å². The summed E-state index contributed by atoms with van der Waals surface area (Å²) in [5.74, 6) is -0.124. The van der Waals surface area contributed by atoms with Gasteiger partial charge in [-0.15, -0.1) is 0 Å². The summed E-state index contributed by atoms with van der Waals surface area (Å²) in [5, 5.41) is 5.84. The van der Waals surface area contributed by atoms with E-state index in [1.165, 1.54) is 37.6 Å². The quantitative estimate of drug-likeness (QED) is 0.416. The molecule has 3 aromatic rings. The molecule has 0 radical (unpaired) electrons. The molecule has 3 aromatic carbocycles. The van der Waals surface area contributed by atoms with E-state index in [1.54, 1.807) is 42.5 Å². The standard InChI is InChI=1S/C33H39FN4O7S/c1-37(2)46(41,42)15-5-13-38-14-12-30-29(20-38)36-33(40)27-17-23(9-11-28(27)34)22-6-4-7-25(16-22)44-21-32(39)35-19-24-8-10-26(45-30)18-31(24)43-3/h4,6-11,16-18,29-30H,5,12-15,19-21H2,1-3H3,(H,35,39)(H,36,40)/t29-,30+/m1/s1. The van der Waals surface area contributed by atoms with Crippen molar-refractivity contribution in [1.29, 1.82) is 0 Å². The number of ether oxygens (including phenoxy) is 3. The van der Waals surface area contributed by atoms with Crippen LogP contribution in [0.5, 0.6) is 17.2 Å². The van der Waals surface area contributed by atoms with Crippen molar-refractivity contribution in [3.63, 3.8) is 0 Å². The van der Waals surface area contributed by atoms with Crippen LogP contribution in [0.2, 0.25) is 0 Å². The monoisotopic (exact) mass is 654 g/mol. The fourth-order valence-corrected chi connectivity index (χ4v) is 6.40. The molecule has 11 nitrogen and oxygen atoms in total. The predicted molar refractivity (Wildman–Crippen MR) is 171 cm³/mol. The number of amides is 2. The van der Waals surface area contributed by atoms with Crippen LogP contribution in [-0.2, 0) is 21.4 Å². The first kappa shape index (κ1) is 33.2. The van der Waals surface area contributed by atoms with E-state index in [2.05, 4.69) is 15.5 Å². The zero-order chi connectivity index (χ0) is 32.8. The molecular formula is C33H39FN4O7S. The highest BCUT2D eigenvalue weighted by molar-refractivity contribution is 7.89. The third-order valence-corrected chi connectivity index (χ3v) is 10.1. The number of benzene rings is 3. The van der Waals surface area contributed by atoms with E-state index in [4.69, 9.17) is 14.2 Å². The van der Waals surface area contributed by atoms with E-state index in [0.717, 1.165) is 5.56 Å². The average molecular weight is 655 g/mol. The van der Waals surface area contributed by atoms with Gasteiger partial charge in [0.2, 0.25) is 10.0 Å². The van der Waals surface area contributed by atoms with Gasteiger partial charge in [-0.2, -0.15) is 0 Å². The lowest BCUT2D eigenvalue weighted by Gasteiger charge is -2.39. The van der Waals surface area contributed by atoms with Gasteiger partial charge in [-0.05, 0) is 66.9 Å². The van der Waals surface area contributed by atoms with Gasteiger partial charge in [0, 0.05) is 45.4 Å². The van der Waals surface area contributed by atoms with Gasteiger partial charge >= 0.3 is 0 Å². The first-order valence-corrected chi connectivity index (χ1v) is 16.7.